The van der Waals surface area contributed by atoms with Crippen molar-refractivity contribution in [3.8, 4) is 5.75 Å². The van der Waals surface area contributed by atoms with Crippen LogP contribution in [0.4, 0.5) is 11.4 Å². The minimum atomic E-state index is -0.375. The second-order valence-electron chi connectivity index (χ2n) is 7.56. The van der Waals surface area contributed by atoms with Gasteiger partial charge in [0.1, 0.15) is 11.9 Å². The summed E-state index contributed by atoms with van der Waals surface area (Å²) < 4.78 is 5.23. The monoisotopic (exact) mass is 473 g/mol. The fourth-order valence-electron chi connectivity index (χ4n) is 3.60. The highest BCUT2D eigenvalue weighted by molar-refractivity contribution is 8.14. The molecule has 2 aromatic carbocycles. The van der Waals surface area contributed by atoms with E-state index in [-0.39, 0.29) is 29.7 Å². The molecule has 0 aliphatic carbocycles. The Morgan fingerprint density at radius 2 is 2.16 bits per heavy atom. The maximum atomic E-state index is 13.3. The Labute approximate surface area is 195 Å². The summed E-state index contributed by atoms with van der Waals surface area (Å²) in [5.74, 6) is 0.102. The predicted molar refractivity (Wildman–Crippen MR) is 128 cm³/mol. The molecule has 1 saturated heterocycles. The van der Waals surface area contributed by atoms with E-state index in [1.54, 1.807) is 30.1 Å². The third kappa shape index (κ3) is 4.47. The number of carbonyl (C=O) groups is 2. The van der Waals surface area contributed by atoms with E-state index >= 15 is 0 Å². The van der Waals surface area contributed by atoms with Gasteiger partial charge in [0.05, 0.1) is 29.5 Å². The number of hydrazine groups is 1. The number of benzene rings is 2. The highest BCUT2D eigenvalue weighted by Crippen LogP contribution is 2.34. The molecule has 0 spiro atoms. The van der Waals surface area contributed by atoms with Crippen molar-refractivity contribution in [1.82, 2.24) is 10.9 Å². The number of thioether (sulfide) groups is 1. The second-order valence-corrected chi connectivity index (χ2v) is 8.91. The topological polar surface area (TPSA) is 86.3 Å². The predicted octanol–water partition coefficient (Wildman–Crippen LogP) is 2.81. The number of carbonyl (C=O) groups excluding carboxylic acids is 2. The number of halogens is 1. The number of anilines is 2. The van der Waals surface area contributed by atoms with Crippen molar-refractivity contribution in [3.05, 3.63) is 53.1 Å². The van der Waals surface area contributed by atoms with E-state index < -0.39 is 0 Å². The third-order valence-electron chi connectivity index (χ3n) is 5.41. The molecule has 2 aliphatic rings. The number of nitrogens with one attached hydrogen (secondary N) is 2. The molecule has 2 aliphatic heterocycles. The fraction of sp³-hybridized carbons (Fsp3) is 0.318. The van der Waals surface area contributed by atoms with Crippen molar-refractivity contribution < 1.29 is 14.3 Å². The zero-order valence-corrected chi connectivity index (χ0v) is 19.5. The number of methoxy groups -OCH3 is 1. The number of hydrogen-bond donors (Lipinski definition) is 2. The highest BCUT2D eigenvalue weighted by atomic mass is 35.5. The second kappa shape index (κ2) is 9.50. The number of aliphatic imine (C=N–C) groups is 1. The van der Waals surface area contributed by atoms with Crippen molar-refractivity contribution in [2.45, 2.75) is 13.1 Å². The minimum absolute atomic E-state index is 0.0944. The van der Waals surface area contributed by atoms with Crippen LogP contribution in [0.25, 0.3) is 0 Å². The molecule has 0 radical (unpaired) electrons. The van der Waals surface area contributed by atoms with E-state index in [0.717, 1.165) is 11.3 Å². The molecule has 32 heavy (non-hydrogen) atoms. The molecule has 4 rings (SSSR count). The van der Waals surface area contributed by atoms with Gasteiger partial charge in [0.25, 0.3) is 0 Å². The third-order valence-corrected chi connectivity index (χ3v) is 6.65. The van der Waals surface area contributed by atoms with Crippen LogP contribution in [-0.4, -0.2) is 49.6 Å². The molecular weight excluding hydrogens is 450 g/mol. The summed E-state index contributed by atoms with van der Waals surface area (Å²) >= 11 is 7.54. The van der Waals surface area contributed by atoms with Crippen LogP contribution in [0.5, 0.6) is 5.75 Å². The Morgan fingerprint density at radius 3 is 2.88 bits per heavy atom. The van der Waals surface area contributed by atoms with Crippen molar-refractivity contribution in [2.24, 2.45) is 10.9 Å². The average Bonchev–Trinajstić information content (AvgIpc) is 3.26. The first kappa shape index (κ1) is 22.6. The Hall–Kier alpha value is -2.59. The number of hydrogen-bond acceptors (Lipinski definition) is 7. The van der Waals surface area contributed by atoms with E-state index in [2.05, 4.69) is 10.9 Å². The quantitative estimate of drug-likeness (QED) is 0.694. The van der Waals surface area contributed by atoms with Gasteiger partial charge in [-0.25, -0.2) is 10.4 Å². The lowest BCUT2D eigenvalue weighted by atomic mass is 10.0. The summed E-state index contributed by atoms with van der Waals surface area (Å²) in [6.45, 7) is 2.45. The van der Waals surface area contributed by atoms with Gasteiger partial charge < -0.3 is 9.64 Å². The zero-order chi connectivity index (χ0) is 22.8. The van der Waals surface area contributed by atoms with Gasteiger partial charge in [-0.15, -0.1) is 0 Å². The summed E-state index contributed by atoms with van der Waals surface area (Å²) in [5, 5.41) is 0.835. The van der Waals surface area contributed by atoms with Gasteiger partial charge in [-0.05, 0) is 42.8 Å². The number of aryl methyl sites for hydroxylation is 1. The van der Waals surface area contributed by atoms with Gasteiger partial charge in [0, 0.05) is 19.3 Å². The standard InChI is InChI=1S/C22H24ClN5O3S/c1-13-5-4-6-14(9-13)27(2)19(29)12-32-22-25-20-16(11-24-26-20)21(30)28(22)15-7-8-18(31-3)17(23)10-15/h4-10,16,20,24,26H,11-12H2,1-3H3. The molecule has 2 unspecified atom stereocenters. The van der Waals surface area contributed by atoms with Crippen LogP contribution < -0.4 is 25.4 Å². The molecule has 168 valence electrons. The largest absolute Gasteiger partial charge is 0.495 e. The van der Waals surface area contributed by atoms with Crippen molar-refractivity contribution in [1.29, 1.82) is 0 Å². The number of fused-ring (bicyclic) bond motifs is 1. The Bertz CT molecular complexity index is 1080. The van der Waals surface area contributed by atoms with E-state index in [9.17, 15) is 9.59 Å². The van der Waals surface area contributed by atoms with Crippen LogP contribution in [0, 0.1) is 12.8 Å². The molecule has 2 heterocycles. The Morgan fingerprint density at radius 1 is 1.34 bits per heavy atom. The van der Waals surface area contributed by atoms with Crippen molar-refractivity contribution in [3.63, 3.8) is 0 Å². The summed E-state index contributed by atoms with van der Waals surface area (Å²) in [5.41, 5.74) is 8.49. The van der Waals surface area contributed by atoms with Gasteiger partial charge in [-0.2, -0.15) is 0 Å². The van der Waals surface area contributed by atoms with E-state index in [4.69, 9.17) is 21.3 Å². The van der Waals surface area contributed by atoms with Gasteiger partial charge >= 0.3 is 0 Å². The number of rotatable bonds is 5. The SMILES string of the molecule is COc1ccc(N2C(=O)C3CNNC3N=C2SCC(=O)N(C)c2cccc(C)c2)cc1Cl. The molecule has 0 saturated carbocycles. The van der Waals surface area contributed by atoms with Crippen molar-refractivity contribution in [2.75, 3.05) is 36.3 Å². The van der Waals surface area contributed by atoms with E-state index in [1.165, 1.54) is 23.8 Å². The van der Waals surface area contributed by atoms with Gasteiger partial charge in [-0.1, -0.05) is 35.5 Å². The normalized spacial score (nSPS) is 20.1. The van der Waals surface area contributed by atoms with Gasteiger partial charge in [0.2, 0.25) is 11.8 Å². The van der Waals surface area contributed by atoms with E-state index in [1.807, 2.05) is 31.2 Å². The number of ether oxygens (including phenoxy) is 1. The Balaban J connectivity index is 1.57. The summed E-state index contributed by atoms with van der Waals surface area (Å²) in [4.78, 5) is 34.0. The summed E-state index contributed by atoms with van der Waals surface area (Å²) in [6, 6.07) is 12.9. The lowest BCUT2D eigenvalue weighted by Gasteiger charge is -2.32. The molecule has 0 bridgehead atoms. The van der Waals surface area contributed by atoms with Crippen LogP contribution in [0.1, 0.15) is 5.56 Å². The lowest BCUT2D eigenvalue weighted by Crippen LogP contribution is -2.49. The van der Waals surface area contributed by atoms with Crippen LogP contribution >= 0.6 is 23.4 Å². The van der Waals surface area contributed by atoms with Crippen LogP contribution in [0.15, 0.2) is 47.5 Å². The molecule has 2 amide bonds. The molecule has 2 N–H and O–H groups in total. The molecular formula is C22H24ClN5O3S. The van der Waals surface area contributed by atoms with E-state index in [0.29, 0.717) is 28.2 Å². The molecule has 8 nitrogen and oxygen atoms in total. The fourth-order valence-corrected chi connectivity index (χ4v) is 4.82. The number of nitrogens with zero attached hydrogens (tertiary/aromatic N) is 3. The molecule has 2 atom stereocenters. The minimum Gasteiger partial charge on any atom is -0.495 e. The van der Waals surface area contributed by atoms with Crippen molar-refractivity contribution >= 4 is 51.7 Å². The van der Waals surface area contributed by atoms with Crippen LogP contribution in [-0.2, 0) is 9.59 Å². The van der Waals surface area contributed by atoms with Crippen LogP contribution in [0.3, 0.4) is 0 Å². The molecule has 0 aromatic heterocycles. The summed E-state index contributed by atoms with van der Waals surface area (Å²) in [6.07, 6.45) is -0.375. The first-order chi connectivity index (χ1) is 15.4. The maximum Gasteiger partial charge on any atom is 0.241 e. The summed E-state index contributed by atoms with van der Waals surface area (Å²) in [7, 11) is 3.28. The molecule has 1 fully saturated rings. The first-order valence-electron chi connectivity index (χ1n) is 10.1. The maximum absolute atomic E-state index is 13.3. The highest BCUT2D eigenvalue weighted by Gasteiger charge is 2.42. The average molecular weight is 474 g/mol. The number of amidine groups is 1. The Kier molecular flexibility index (Phi) is 6.71. The first-order valence-corrected chi connectivity index (χ1v) is 11.4. The zero-order valence-electron chi connectivity index (χ0n) is 18.0. The van der Waals surface area contributed by atoms with Crippen LogP contribution in [0.2, 0.25) is 5.02 Å². The van der Waals surface area contributed by atoms with Gasteiger partial charge in [-0.3, -0.25) is 19.9 Å². The van der Waals surface area contributed by atoms with Gasteiger partial charge in [0.15, 0.2) is 5.17 Å². The molecule has 10 heteroatoms. The smallest absolute Gasteiger partial charge is 0.241 e. The molecule has 2 aromatic rings. The lowest BCUT2D eigenvalue weighted by molar-refractivity contribution is -0.121. The number of amides is 2.